The van der Waals surface area contributed by atoms with Gasteiger partial charge in [0.1, 0.15) is 17.3 Å². The van der Waals surface area contributed by atoms with Crippen molar-refractivity contribution in [2.24, 2.45) is 0 Å². The number of nitrogens with zero attached hydrogens (tertiary/aromatic N) is 1. The van der Waals surface area contributed by atoms with Gasteiger partial charge in [-0.3, -0.25) is 4.79 Å². The largest absolute Gasteiger partial charge is 0.457 e. The Morgan fingerprint density at radius 2 is 1.85 bits per heavy atom. The van der Waals surface area contributed by atoms with Gasteiger partial charge < -0.3 is 15.8 Å². The van der Waals surface area contributed by atoms with Crippen LogP contribution in [0, 0.1) is 0 Å². The van der Waals surface area contributed by atoms with E-state index < -0.39 is 0 Å². The highest BCUT2D eigenvalue weighted by molar-refractivity contribution is 5.98. The highest BCUT2D eigenvalue weighted by Crippen LogP contribution is 2.24. The number of ether oxygens (including phenoxy) is 1. The van der Waals surface area contributed by atoms with Crippen molar-refractivity contribution in [1.82, 2.24) is 10.3 Å². The van der Waals surface area contributed by atoms with Gasteiger partial charge in [-0.05, 0) is 53.4 Å². The van der Waals surface area contributed by atoms with E-state index in [0.717, 1.165) is 17.1 Å². The van der Waals surface area contributed by atoms with Gasteiger partial charge in [-0.1, -0.05) is 38.1 Å². The number of anilines is 1. The molecule has 2 aromatic carbocycles. The first kappa shape index (κ1) is 18.5. The third-order valence-electron chi connectivity index (χ3n) is 4.22. The van der Waals surface area contributed by atoms with Crippen molar-refractivity contribution >= 4 is 11.7 Å². The molecule has 0 radical (unpaired) electrons. The molecular formula is C22H23N3O2. The molecule has 0 fully saturated rings. The number of rotatable bonds is 6. The van der Waals surface area contributed by atoms with Gasteiger partial charge in [0.15, 0.2) is 0 Å². The lowest BCUT2D eigenvalue weighted by Crippen LogP contribution is -2.24. The number of carbonyl (C=O) groups is 1. The predicted octanol–water partition coefficient (Wildman–Crippen LogP) is 4.51. The third kappa shape index (κ3) is 4.85. The fraction of sp³-hybridized carbons (Fsp3) is 0.182. The van der Waals surface area contributed by atoms with Gasteiger partial charge in [-0.2, -0.15) is 0 Å². The lowest BCUT2D eigenvalue weighted by Gasteiger charge is -2.11. The number of hydrogen-bond donors (Lipinski definition) is 2. The van der Waals surface area contributed by atoms with Crippen molar-refractivity contribution in [2.45, 2.75) is 26.3 Å². The molecular weight excluding hydrogens is 338 g/mol. The molecule has 1 amide bonds. The zero-order chi connectivity index (χ0) is 19.2. The van der Waals surface area contributed by atoms with Crippen molar-refractivity contribution in [1.29, 1.82) is 0 Å². The Hall–Kier alpha value is -3.34. The average molecular weight is 361 g/mol. The zero-order valence-electron chi connectivity index (χ0n) is 15.5. The number of aromatic nitrogens is 1. The van der Waals surface area contributed by atoms with Crippen molar-refractivity contribution < 1.29 is 9.53 Å². The second-order valence-corrected chi connectivity index (χ2v) is 6.59. The van der Waals surface area contributed by atoms with Gasteiger partial charge in [-0.25, -0.2) is 4.98 Å². The van der Waals surface area contributed by atoms with Crippen molar-refractivity contribution in [2.75, 3.05) is 5.73 Å². The third-order valence-corrected chi connectivity index (χ3v) is 4.22. The summed E-state index contributed by atoms with van der Waals surface area (Å²) in [7, 11) is 0. The topological polar surface area (TPSA) is 77.2 Å². The lowest BCUT2D eigenvalue weighted by molar-refractivity contribution is 0.0951. The van der Waals surface area contributed by atoms with Crippen LogP contribution < -0.4 is 15.8 Å². The van der Waals surface area contributed by atoms with Gasteiger partial charge in [0.2, 0.25) is 0 Å². The van der Waals surface area contributed by atoms with Crippen LogP contribution in [0.15, 0.2) is 66.9 Å². The van der Waals surface area contributed by atoms with Crippen LogP contribution in [0.2, 0.25) is 0 Å². The van der Waals surface area contributed by atoms with E-state index in [-0.39, 0.29) is 11.7 Å². The number of pyridine rings is 1. The van der Waals surface area contributed by atoms with Gasteiger partial charge in [-0.15, -0.1) is 0 Å². The maximum Gasteiger partial charge on any atom is 0.255 e. The summed E-state index contributed by atoms with van der Waals surface area (Å²) >= 11 is 0. The number of nitrogens with two attached hydrogens (primary N) is 1. The summed E-state index contributed by atoms with van der Waals surface area (Å²) in [6, 6.07) is 19.0. The van der Waals surface area contributed by atoms with Crippen molar-refractivity contribution in [3.8, 4) is 11.5 Å². The molecule has 3 N–H and O–H groups in total. The minimum Gasteiger partial charge on any atom is -0.457 e. The average Bonchev–Trinajstić information content (AvgIpc) is 2.67. The smallest absolute Gasteiger partial charge is 0.255 e. The predicted molar refractivity (Wildman–Crippen MR) is 107 cm³/mol. The Morgan fingerprint density at radius 3 is 2.56 bits per heavy atom. The van der Waals surface area contributed by atoms with Gasteiger partial charge in [0.25, 0.3) is 5.91 Å². The normalized spacial score (nSPS) is 10.6. The SMILES string of the molecule is CC(C)c1ccc(Oc2cccc(CNC(=O)c3cccnc3N)c2)cc1. The van der Waals surface area contributed by atoms with E-state index in [1.807, 2.05) is 36.4 Å². The first-order valence-electron chi connectivity index (χ1n) is 8.88. The molecule has 5 nitrogen and oxygen atoms in total. The van der Waals surface area contributed by atoms with Crippen LogP contribution in [0.5, 0.6) is 11.5 Å². The summed E-state index contributed by atoms with van der Waals surface area (Å²) in [4.78, 5) is 16.2. The molecule has 3 rings (SSSR count). The van der Waals surface area contributed by atoms with Crippen molar-refractivity contribution in [3.05, 3.63) is 83.6 Å². The lowest BCUT2D eigenvalue weighted by atomic mass is 10.0. The molecule has 27 heavy (non-hydrogen) atoms. The number of amides is 1. The molecule has 0 bridgehead atoms. The quantitative estimate of drug-likeness (QED) is 0.677. The Morgan fingerprint density at radius 1 is 1.07 bits per heavy atom. The van der Waals surface area contributed by atoms with E-state index >= 15 is 0 Å². The van der Waals surface area contributed by atoms with Crippen LogP contribution >= 0.6 is 0 Å². The molecule has 0 aliphatic carbocycles. The second kappa shape index (κ2) is 8.36. The van der Waals surface area contributed by atoms with Crippen LogP contribution in [-0.2, 0) is 6.54 Å². The Bertz CT molecular complexity index is 921. The van der Waals surface area contributed by atoms with E-state index in [2.05, 4.69) is 36.3 Å². The summed E-state index contributed by atoms with van der Waals surface area (Å²) in [5.74, 6) is 1.96. The molecule has 0 unspecified atom stereocenters. The molecule has 0 aliphatic heterocycles. The summed E-state index contributed by atoms with van der Waals surface area (Å²) < 4.78 is 5.92. The summed E-state index contributed by atoms with van der Waals surface area (Å²) in [5.41, 5.74) is 8.31. The molecule has 3 aromatic rings. The number of benzene rings is 2. The number of nitrogens with one attached hydrogen (secondary N) is 1. The monoisotopic (exact) mass is 361 g/mol. The zero-order valence-corrected chi connectivity index (χ0v) is 15.5. The van der Waals surface area contributed by atoms with Gasteiger partial charge in [0.05, 0.1) is 5.56 Å². The summed E-state index contributed by atoms with van der Waals surface area (Å²) in [5, 5.41) is 2.85. The van der Waals surface area contributed by atoms with Crippen LogP contribution in [0.1, 0.15) is 41.3 Å². The molecule has 138 valence electrons. The summed E-state index contributed by atoms with van der Waals surface area (Å²) in [6.45, 7) is 4.69. The number of nitrogen functional groups attached to an aromatic ring is 1. The fourth-order valence-electron chi connectivity index (χ4n) is 2.66. The van der Waals surface area contributed by atoms with E-state index in [4.69, 9.17) is 10.5 Å². The highest BCUT2D eigenvalue weighted by atomic mass is 16.5. The van der Waals surface area contributed by atoms with E-state index in [9.17, 15) is 4.79 Å². The van der Waals surface area contributed by atoms with E-state index in [1.165, 1.54) is 5.56 Å². The highest BCUT2D eigenvalue weighted by Gasteiger charge is 2.09. The molecule has 1 aromatic heterocycles. The standard InChI is InChI=1S/C22H23N3O2/c1-15(2)17-8-10-18(11-9-17)27-19-6-3-5-16(13-19)14-25-22(26)20-7-4-12-24-21(20)23/h3-13,15H,14H2,1-2H3,(H2,23,24)(H,25,26). The van der Waals surface area contributed by atoms with Gasteiger partial charge >= 0.3 is 0 Å². The molecule has 0 saturated heterocycles. The van der Waals surface area contributed by atoms with Crippen LogP contribution in [0.3, 0.4) is 0 Å². The van der Waals surface area contributed by atoms with Crippen LogP contribution in [-0.4, -0.2) is 10.9 Å². The molecule has 0 spiro atoms. The molecule has 0 atom stereocenters. The first-order valence-corrected chi connectivity index (χ1v) is 8.88. The van der Waals surface area contributed by atoms with Gasteiger partial charge in [0, 0.05) is 12.7 Å². The van der Waals surface area contributed by atoms with Crippen molar-refractivity contribution in [3.63, 3.8) is 0 Å². The maximum absolute atomic E-state index is 12.2. The summed E-state index contributed by atoms with van der Waals surface area (Å²) in [6.07, 6.45) is 1.56. The Balaban J connectivity index is 1.63. The van der Waals surface area contributed by atoms with E-state index in [1.54, 1.807) is 18.3 Å². The van der Waals surface area contributed by atoms with Crippen LogP contribution in [0.25, 0.3) is 0 Å². The van der Waals surface area contributed by atoms with E-state index in [0.29, 0.717) is 18.0 Å². The fourth-order valence-corrected chi connectivity index (χ4v) is 2.66. The minimum absolute atomic E-state index is 0.219. The Labute approximate surface area is 159 Å². The molecule has 1 heterocycles. The molecule has 5 heteroatoms. The Kier molecular flexibility index (Phi) is 5.71. The second-order valence-electron chi connectivity index (χ2n) is 6.59. The number of carbonyl (C=O) groups excluding carboxylic acids is 1. The number of hydrogen-bond acceptors (Lipinski definition) is 4. The first-order chi connectivity index (χ1) is 13.0. The molecule has 0 saturated carbocycles. The van der Waals surface area contributed by atoms with Crippen LogP contribution in [0.4, 0.5) is 5.82 Å². The molecule has 0 aliphatic rings. The maximum atomic E-state index is 12.2. The minimum atomic E-state index is -0.254.